The molecule has 0 atom stereocenters. The first-order chi connectivity index (χ1) is 10.5. The highest BCUT2D eigenvalue weighted by Gasteiger charge is 2.38. The van der Waals surface area contributed by atoms with E-state index in [9.17, 15) is 13.2 Å². The Morgan fingerprint density at radius 2 is 1.82 bits per heavy atom. The van der Waals surface area contributed by atoms with Gasteiger partial charge in [0.2, 0.25) is 5.91 Å². The average molecular weight is 328 g/mol. The maximum atomic E-state index is 12.3. The topological polar surface area (TPSA) is 66.5 Å². The predicted molar refractivity (Wildman–Crippen MR) is 86.4 cm³/mol. The molecule has 1 aliphatic carbocycles. The second-order valence-corrected chi connectivity index (χ2v) is 9.73. The number of rotatable bonds is 4. The fourth-order valence-electron chi connectivity index (χ4n) is 4.25. The third kappa shape index (κ3) is 3.48. The zero-order valence-electron chi connectivity index (χ0n) is 13.3. The van der Waals surface area contributed by atoms with E-state index in [4.69, 9.17) is 0 Å². The minimum absolute atomic E-state index is 0.0300. The summed E-state index contributed by atoms with van der Waals surface area (Å²) in [6.45, 7) is 3.76. The van der Waals surface area contributed by atoms with Crippen LogP contribution in [0.1, 0.15) is 51.4 Å². The highest BCUT2D eigenvalue weighted by atomic mass is 32.2. The molecule has 22 heavy (non-hydrogen) atoms. The Hall–Kier alpha value is -0.620. The number of hydrogen-bond acceptors (Lipinski definition) is 4. The fraction of sp³-hybridized carbons (Fsp3) is 0.938. The minimum Gasteiger partial charge on any atom is -0.343 e. The lowest BCUT2D eigenvalue weighted by atomic mass is 9.78. The van der Waals surface area contributed by atoms with Gasteiger partial charge in [0.25, 0.3) is 0 Å². The van der Waals surface area contributed by atoms with Gasteiger partial charge in [0.05, 0.1) is 11.0 Å². The van der Waals surface area contributed by atoms with Crippen LogP contribution in [0.5, 0.6) is 0 Å². The Morgan fingerprint density at radius 1 is 1.14 bits per heavy atom. The summed E-state index contributed by atoms with van der Waals surface area (Å²) in [6.07, 6.45) is 7.10. The molecule has 3 rings (SSSR count). The summed E-state index contributed by atoms with van der Waals surface area (Å²) < 4.78 is 24.5. The van der Waals surface area contributed by atoms with Crippen LogP contribution in [0, 0.1) is 5.41 Å². The van der Waals surface area contributed by atoms with Crippen LogP contribution in [-0.2, 0) is 14.6 Å². The molecule has 0 aromatic heterocycles. The van der Waals surface area contributed by atoms with Crippen molar-refractivity contribution in [3.63, 3.8) is 0 Å². The molecule has 2 heterocycles. The van der Waals surface area contributed by atoms with E-state index in [0.29, 0.717) is 5.41 Å². The van der Waals surface area contributed by atoms with Gasteiger partial charge < -0.3 is 10.2 Å². The lowest BCUT2D eigenvalue weighted by molar-refractivity contribution is -0.132. The molecule has 1 saturated carbocycles. The van der Waals surface area contributed by atoms with Crippen LogP contribution in [0.4, 0.5) is 0 Å². The van der Waals surface area contributed by atoms with Gasteiger partial charge in [0.15, 0.2) is 9.84 Å². The number of amides is 1. The first-order valence-electron chi connectivity index (χ1n) is 8.71. The molecule has 3 fully saturated rings. The van der Waals surface area contributed by atoms with Crippen LogP contribution in [0.15, 0.2) is 0 Å². The van der Waals surface area contributed by atoms with Crippen molar-refractivity contribution in [2.45, 2.75) is 56.6 Å². The Kier molecular flexibility index (Phi) is 4.78. The van der Waals surface area contributed by atoms with Crippen LogP contribution >= 0.6 is 0 Å². The zero-order valence-corrected chi connectivity index (χ0v) is 14.2. The van der Waals surface area contributed by atoms with Gasteiger partial charge in [0.1, 0.15) is 0 Å². The number of likely N-dealkylation sites (tertiary alicyclic amines) is 1. The van der Waals surface area contributed by atoms with Gasteiger partial charge in [-0.05, 0) is 44.1 Å². The van der Waals surface area contributed by atoms with Crippen molar-refractivity contribution in [1.82, 2.24) is 10.2 Å². The number of nitrogens with one attached hydrogen (secondary N) is 1. The molecule has 6 heteroatoms. The third-order valence-corrected chi connectivity index (χ3v) is 8.18. The van der Waals surface area contributed by atoms with Gasteiger partial charge in [-0.15, -0.1) is 0 Å². The normalized spacial score (nSPS) is 25.9. The molecular formula is C16H28N2O3S. The van der Waals surface area contributed by atoms with Crippen molar-refractivity contribution < 1.29 is 13.2 Å². The molecule has 2 saturated heterocycles. The van der Waals surface area contributed by atoms with Crippen molar-refractivity contribution in [2.24, 2.45) is 5.41 Å². The van der Waals surface area contributed by atoms with Crippen molar-refractivity contribution in [1.29, 1.82) is 0 Å². The molecule has 1 amide bonds. The molecule has 1 N–H and O–H groups in total. The molecular weight excluding hydrogens is 300 g/mol. The van der Waals surface area contributed by atoms with Gasteiger partial charge >= 0.3 is 0 Å². The maximum absolute atomic E-state index is 12.3. The van der Waals surface area contributed by atoms with Crippen molar-refractivity contribution in [2.75, 3.05) is 31.9 Å². The van der Waals surface area contributed by atoms with Crippen molar-refractivity contribution >= 4 is 15.7 Å². The molecule has 2 aliphatic heterocycles. The van der Waals surface area contributed by atoms with Crippen LogP contribution in [-0.4, -0.2) is 56.4 Å². The fourth-order valence-corrected chi connectivity index (χ4v) is 6.10. The number of hydrogen-bond donors (Lipinski definition) is 1. The summed E-state index contributed by atoms with van der Waals surface area (Å²) in [5.74, 6) is 0.0713. The minimum atomic E-state index is -3.07. The van der Waals surface area contributed by atoms with Crippen molar-refractivity contribution in [3.05, 3.63) is 0 Å². The van der Waals surface area contributed by atoms with E-state index in [-0.39, 0.29) is 23.3 Å². The number of carbonyl (C=O) groups excluding carboxylic acids is 1. The summed E-state index contributed by atoms with van der Waals surface area (Å²) in [4.78, 5) is 14.2. The molecule has 126 valence electrons. The number of nitrogens with zero attached hydrogens (tertiary/aromatic N) is 1. The van der Waals surface area contributed by atoms with Crippen LogP contribution in [0.2, 0.25) is 0 Å². The largest absolute Gasteiger partial charge is 0.343 e. The van der Waals surface area contributed by atoms with Crippen LogP contribution in [0.3, 0.4) is 0 Å². The van der Waals surface area contributed by atoms with Gasteiger partial charge in [-0.25, -0.2) is 8.42 Å². The van der Waals surface area contributed by atoms with E-state index in [0.717, 1.165) is 64.7 Å². The number of carbonyl (C=O) groups is 1. The summed E-state index contributed by atoms with van der Waals surface area (Å²) in [7, 11) is -3.07. The van der Waals surface area contributed by atoms with E-state index < -0.39 is 9.84 Å². The van der Waals surface area contributed by atoms with Gasteiger partial charge in [0, 0.05) is 26.1 Å². The monoisotopic (exact) mass is 328 g/mol. The van der Waals surface area contributed by atoms with E-state index in [1.807, 2.05) is 4.90 Å². The molecule has 0 aromatic carbocycles. The van der Waals surface area contributed by atoms with Crippen LogP contribution < -0.4 is 5.32 Å². The number of sulfone groups is 1. The second-order valence-electron chi connectivity index (χ2n) is 7.33. The summed E-state index contributed by atoms with van der Waals surface area (Å²) in [6, 6.07) is 0. The molecule has 0 radical (unpaired) electrons. The second kappa shape index (κ2) is 6.48. The first-order valence-corrected chi connectivity index (χ1v) is 10.4. The Labute approximate surface area is 133 Å². The quantitative estimate of drug-likeness (QED) is 0.846. The van der Waals surface area contributed by atoms with E-state index in [1.165, 1.54) is 6.42 Å². The first kappa shape index (κ1) is 16.2. The lowest BCUT2D eigenvalue weighted by Gasteiger charge is -2.39. The summed E-state index contributed by atoms with van der Waals surface area (Å²) in [5, 5.41) is 3.23. The van der Waals surface area contributed by atoms with E-state index in [2.05, 4.69) is 5.32 Å². The van der Waals surface area contributed by atoms with Crippen LogP contribution in [0.25, 0.3) is 0 Å². The molecule has 0 bridgehead atoms. The molecule has 5 nitrogen and oxygen atoms in total. The average Bonchev–Trinajstić information content (AvgIpc) is 3.18. The smallest absolute Gasteiger partial charge is 0.223 e. The molecule has 0 unspecified atom stereocenters. The van der Waals surface area contributed by atoms with Gasteiger partial charge in [-0.3, -0.25) is 4.79 Å². The standard InChI is InChI=1S/C16H28N2O3S/c19-15(5-12-22(20,21)14-3-1-2-4-14)18-10-7-16(8-11-18)6-9-17-13-16/h14,17H,1-13H2. The van der Waals surface area contributed by atoms with Gasteiger partial charge in [-0.1, -0.05) is 12.8 Å². The van der Waals surface area contributed by atoms with E-state index >= 15 is 0 Å². The van der Waals surface area contributed by atoms with Crippen molar-refractivity contribution in [3.8, 4) is 0 Å². The third-order valence-electron chi connectivity index (χ3n) is 5.92. The summed E-state index contributed by atoms with van der Waals surface area (Å²) in [5.41, 5.74) is 0.396. The Bertz CT molecular complexity index is 495. The highest BCUT2D eigenvalue weighted by Crippen LogP contribution is 2.37. The Balaban J connectivity index is 1.46. The highest BCUT2D eigenvalue weighted by molar-refractivity contribution is 7.92. The molecule has 1 spiro atoms. The van der Waals surface area contributed by atoms with E-state index in [1.54, 1.807) is 0 Å². The predicted octanol–water partition coefficient (Wildman–Crippen LogP) is 1.34. The Morgan fingerprint density at radius 3 is 2.41 bits per heavy atom. The van der Waals surface area contributed by atoms with Gasteiger partial charge in [-0.2, -0.15) is 0 Å². The molecule has 3 aliphatic rings. The SMILES string of the molecule is O=C(CCS(=O)(=O)C1CCCC1)N1CCC2(CCNC2)CC1. The molecule has 0 aromatic rings. The maximum Gasteiger partial charge on any atom is 0.223 e. The summed E-state index contributed by atoms with van der Waals surface area (Å²) >= 11 is 0. The lowest BCUT2D eigenvalue weighted by Crippen LogP contribution is -2.44. The number of piperidine rings is 1. The zero-order chi connectivity index (χ0) is 15.6.